The van der Waals surface area contributed by atoms with Crippen LogP contribution in [0.2, 0.25) is 10.0 Å². The van der Waals surface area contributed by atoms with Crippen molar-refractivity contribution in [2.45, 2.75) is 6.61 Å². The molecular weight excluding hydrogens is 491 g/mol. The molecule has 8 heteroatoms. The third-order valence-corrected chi connectivity index (χ3v) is 6.32. The van der Waals surface area contributed by atoms with Crippen molar-refractivity contribution in [2.24, 2.45) is 0 Å². The van der Waals surface area contributed by atoms with Crippen LogP contribution < -0.4 is 14.8 Å². The molecule has 0 saturated heterocycles. The maximum absolute atomic E-state index is 12.4. The number of thiazole rings is 1. The summed E-state index contributed by atoms with van der Waals surface area (Å²) in [6, 6.07) is 20.5. The quantitative estimate of drug-likeness (QED) is 0.251. The Morgan fingerprint density at radius 2 is 1.79 bits per heavy atom. The number of anilines is 1. The van der Waals surface area contributed by atoms with E-state index in [2.05, 4.69) is 10.3 Å². The number of benzene rings is 3. The summed E-state index contributed by atoms with van der Waals surface area (Å²) in [6.07, 6.45) is 3.14. The van der Waals surface area contributed by atoms with Gasteiger partial charge in [0.05, 0.1) is 12.8 Å². The number of halogens is 2. The summed E-state index contributed by atoms with van der Waals surface area (Å²) in [7, 11) is 1.55. The second kappa shape index (κ2) is 11.2. The molecular formula is C26H20Cl2N2O3S. The molecule has 1 aromatic heterocycles. The lowest BCUT2D eigenvalue weighted by molar-refractivity contribution is -0.111. The van der Waals surface area contributed by atoms with Crippen LogP contribution in [-0.2, 0) is 11.4 Å². The van der Waals surface area contributed by atoms with Crippen molar-refractivity contribution >= 4 is 51.7 Å². The Morgan fingerprint density at radius 3 is 2.53 bits per heavy atom. The van der Waals surface area contributed by atoms with Crippen LogP contribution in [0, 0.1) is 0 Å². The topological polar surface area (TPSA) is 60.5 Å². The average Bonchev–Trinajstić information content (AvgIpc) is 3.31. The zero-order valence-corrected chi connectivity index (χ0v) is 20.5. The van der Waals surface area contributed by atoms with Gasteiger partial charge in [0, 0.05) is 32.6 Å². The number of hydrogen-bond acceptors (Lipinski definition) is 5. The number of hydrogen-bond donors (Lipinski definition) is 1. The minimum absolute atomic E-state index is 0.200. The first kappa shape index (κ1) is 23.8. The number of methoxy groups -OCH3 is 1. The molecule has 0 radical (unpaired) electrons. The first-order chi connectivity index (χ1) is 16.5. The molecule has 0 aliphatic rings. The zero-order chi connectivity index (χ0) is 23.9. The normalized spacial score (nSPS) is 10.9. The maximum Gasteiger partial charge on any atom is 0.250 e. The van der Waals surface area contributed by atoms with E-state index in [0.29, 0.717) is 32.2 Å². The lowest BCUT2D eigenvalue weighted by Gasteiger charge is -2.13. The SMILES string of the molecule is COc1cc(/C=C/C(=O)Nc2nc(-c3ccccc3)cs2)ccc1OCc1c(Cl)cccc1Cl. The number of nitrogens with zero attached hydrogens (tertiary/aromatic N) is 1. The van der Waals surface area contributed by atoms with Crippen LogP contribution in [0.25, 0.3) is 17.3 Å². The van der Waals surface area contributed by atoms with Crippen molar-refractivity contribution < 1.29 is 14.3 Å². The zero-order valence-electron chi connectivity index (χ0n) is 18.1. The smallest absolute Gasteiger partial charge is 0.250 e. The van der Waals surface area contributed by atoms with Gasteiger partial charge in [-0.15, -0.1) is 11.3 Å². The Morgan fingerprint density at radius 1 is 1.03 bits per heavy atom. The summed E-state index contributed by atoms with van der Waals surface area (Å²) in [6.45, 7) is 0.200. The highest BCUT2D eigenvalue weighted by molar-refractivity contribution is 7.14. The van der Waals surface area contributed by atoms with Gasteiger partial charge < -0.3 is 9.47 Å². The summed E-state index contributed by atoms with van der Waals surface area (Å²) in [5.74, 6) is 0.788. The van der Waals surface area contributed by atoms with Gasteiger partial charge in [0.2, 0.25) is 5.91 Å². The van der Waals surface area contributed by atoms with E-state index in [0.717, 1.165) is 16.8 Å². The maximum atomic E-state index is 12.4. The second-order valence-corrected chi connectivity index (χ2v) is 8.80. The molecule has 0 bridgehead atoms. The third kappa shape index (κ3) is 5.97. The highest BCUT2D eigenvalue weighted by Gasteiger charge is 2.10. The van der Waals surface area contributed by atoms with Gasteiger partial charge in [0.1, 0.15) is 6.61 Å². The van der Waals surface area contributed by atoms with Gasteiger partial charge in [-0.1, -0.05) is 65.7 Å². The van der Waals surface area contributed by atoms with Crippen LogP contribution in [0.1, 0.15) is 11.1 Å². The van der Waals surface area contributed by atoms with Gasteiger partial charge in [0.25, 0.3) is 0 Å². The number of ether oxygens (including phenoxy) is 2. The molecule has 4 aromatic rings. The van der Waals surface area contributed by atoms with Crippen molar-refractivity contribution in [3.63, 3.8) is 0 Å². The van der Waals surface area contributed by atoms with Crippen LogP contribution in [0.4, 0.5) is 5.13 Å². The van der Waals surface area contributed by atoms with Crippen LogP contribution in [0.15, 0.2) is 78.2 Å². The van der Waals surface area contributed by atoms with Crippen molar-refractivity contribution in [2.75, 3.05) is 12.4 Å². The Kier molecular flexibility index (Phi) is 7.85. The number of aromatic nitrogens is 1. The lowest BCUT2D eigenvalue weighted by Crippen LogP contribution is -2.07. The molecule has 0 fully saturated rings. The van der Waals surface area contributed by atoms with E-state index in [1.165, 1.54) is 17.4 Å². The van der Waals surface area contributed by atoms with E-state index in [-0.39, 0.29) is 12.5 Å². The number of carbonyl (C=O) groups is 1. The Hall–Kier alpha value is -3.32. The third-order valence-electron chi connectivity index (χ3n) is 4.85. The summed E-state index contributed by atoms with van der Waals surface area (Å²) >= 11 is 13.8. The van der Waals surface area contributed by atoms with Gasteiger partial charge in [0.15, 0.2) is 16.6 Å². The number of amides is 1. The minimum atomic E-state index is -0.276. The van der Waals surface area contributed by atoms with Crippen LogP contribution in [-0.4, -0.2) is 18.0 Å². The Bertz CT molecular complexity index is 1300. The molecule has 1 heterocycles. The molecule has 4 rings (SSSR count). The average molecular weight is 511 g/mol. The van der Waals surface area contributed by atoms with E-state index in [4.69, 9.17) is 32.7 Å². The highest BCUT2D eigenvalue weighted by atomic mass is 35.5. The first-order valence-electron chi connectivity index (χ1n) is 10.3. The molecule has 3 aromatic carbocycles. The van der Waals surface area contributed by atoms with Crippen LogP contribution in [0.5, 0.6) is 11.5 Å². The number of nitrogens with one attached hydrogen (secondary N) is 1. The van der Waals surface area contributed by atoms with Crippen molar-refractivity contribution in [1.29, 1.82) is 0 Å². The van der Waals surface area contributed by atoms with Gasteiger partial charge >= 0.3 is 0 Å². The predicted molar refractivity (Wildman–Crippen MR) is 139 cm³/mol. The standard InChI is InChI=1S/C26H20Cl2N2O3S/c1-32-24-14-17(10-12-23(24)33-15-19-20(27)8-5-9-21(19)28)11-13-25(31)30-26-29-22(16-34-26)18-6-3-2-4-7-18/h2-14,16H,15H2,1H3,(H,29,30,31)/b13-11+. The van der Waals surface area contributed by atoms with Crippen molar-refractivity contribution in [1.82, 2.24) is 4.98 Å². The van der Waals surface area contributed by atoms with E-state index in [1.54, 1.807) is 43.5 Å². The fourth-order valence-corrected chi connectivity index (χ4v) is 4.35. The van der Waals surface area contributed by atoms with E-state index >= 15 is 0 Å². The van der Waals surface area contributed by atoms with Gasteiger partial charge in [-0.25, -0.2) is 4.98 Å². The molecule has 0 saturated carbocycles. The molecule has 5 nitrogen and oxygen atoms in total. The number of rotatable bonds is 8. The Labute approximate surface area is 211 Å². The van der Waals surface area contributed by atoms with E-state index < -0.39 is 0 Å². The van der Waals surface area contributed by atoms with Crippen molar-refractivity contribution in [3.05, 3.63) is 99.4 Å². The summed E-state index contributed by atoms with van der Waals surface area (Å²) in [4.78, 5) is 16.8. The van der Waals surface area contributed by atoms with Gasteiger partial charge in [-0.3, -0.25) is 10.1 Å². The van der Waals surface area contributed by atoms with Gasteiger partial charge in [-0.05, 0) is 35.9 Å². The molecule has 0 spiro atoms. The second-order valence-electron chi connectivity index (χ2n) is 7.13. The highest BCUT2D eigenvalue weighted by Crippen LogP contribution is 2.32. The fourth-order valence-electron chi connectivity index (χ4n) is 3.12. The molecule has 1 N–H and O–H groups in total. The molecule has 1 amide bonds. The molecule has 0 aliphatic carbocycles. The molecule has 172 valence electrons. The van der Waals surface area contributed by atoms with Crippen molar-refractivity contribution in [3.8, 4) is 22.8 Å². The summed E-state index contributed by atoms with van der Waals surface area (Å²) < 4.78 is 11.3. The molecule has 0 unspecified atom stereocenters. The van der Waals surface area contributed by atoms with Gasteiger partial charge in [-0.2, -0.15) is 0 Å². The Balaban J connectivity index is 1.39. The lowest BCUT2D eigenvalue weighted by atomic mass is 10.2. The summed E-state index contributed by atoms with van der Waals surface area (Å²) in [5.41, 5.74) is 3.30. The van der Waals surface area contributed by atoms with Crippen LogP contribution in [0.3, 0.4) is 0 Å². The largest absolute Gasteiger partial charge is 0.493 e. The predicted octanol–water partition coefficient (Wildman–Crippen LogP) is 7.36. The number of carbonyl (C=O) groups excluding carboxylic acids is 1. The first-order valence-corrected chi connectivity index (χ1v) is 11.9. The van der Waals surface area contributed by atoms with E-state index in [9.17, 15) is 4.79 Å². The van der Waals surface area contributed by atoms with E-state index in [1.807, 2.05) is 41.8 Å². The summed E-state index contributed by atoms with van der Waals surface area (Å²) in [5, 5.41) is 6.31. The van der Waals surface area contributed by atoms with Crippen LogP contribution >= 0.6 is 34.5 Å². The molecule has 0 aliphatic heterocycles. The molecule has 0 atom stereocenters. The monoisotopic (exact) mass is 510 g/mol. The minimum Gasteiger partial charge on any atom is -0.493 e. The molecule has 34 heavy (non-hydrogen) atoms. The fraction of sp³-hybridized carbons (Fsp3) is 0.0769.